The third-order valence-corrected chi connectivity index (χ3v) is 5.81. The summed E-state index contributed by atoms with van der Waals surface area (Å²) < 4.78 is 25.3. The van der Waals surface area contributed by atoms with Gasteiger partial charge in [-0.1, -0.05) is 30.3 Å². The van der Waals surface area contributed by atoms with Crippen LogP contribution in [-0.4, -0.2) is 70.5 Å². The molecule has 0 spiro atoms. The van der Waals surface area contributed by atoms with Gasteiger partial charge in [-0.2, -0.15) is 0 Å². The SMILES string of the molecule is CN(Cc1ccccc1)C(=O)CC1(COc2ccc(F)cc2)CN(C(=O)c2ccncn2)CCO1. The predicted octanol–water partition coefficient (Wildman–Crippen LogP) is 2.95. The molecule has 2 heterocycles. The summed E-state index contributed by atoms with van der Waals surface area (Å²) >= 11 is 0. The van der Waals surface area contributed by atoms with Crippen molar-refractivity contribution in [2.45, 2.75) is 18.6 Å². The van der Waals surface area contributed by atoms with Gasteiger partial charge in [0.2, 0.25) is 5.91 Å². The molecule has 1 fully saturated rings. The molecule has 1 aliphatic rings. The molecule has 1 atom stereocenters. The zero-order valence-corrected chi connectivity index (χ0v) is 19.5. The van der Waals surface area contributed by atoms with Crippen molar-refractivity contribution in [3.8, 4) is 5.75 Å². The van der Waals surface area contributed by atoms with Gasteiger partial charge in [-0.3, -0.25) is 9.59 Å². The fourth-order valence-corrected chi connectivity index (χ4v) is 3.94. The first-order valence-corrected chi connectivity index (χ1v) is 11.3. The number of carbonyl (C=O) groups excluding carboxylic acids is 2. The maximum atomic E-state index is 13.3. The number of benzene rings is 2. The number of hydrogen-bond donors (Lipinski definition) is 0. The molecule has 4 rings (SSSR count). The predicted molar refractivity (Wildman–Crippen MR) is 126 cm³/mol. The van der Waals surface area contributed by atoms with Crippen LogP contribution in [0.15, 0.2) is 73.2 Å². The number of halogens is 1. The minimum absolute atomic E-state index is 0.00504. The van der Waals surface area contributed by atoms with Crippen molar-refractivity contribution >= 4 is 11.8 Å². The number of hydrogen-bond acceptors (Lipinski definition) is 6. The Labute approximate surface area is 203 Å². The maximum absolute atomic E-state index is 13.3. The molecule has 1 aliphatic heterocycles. The summed E-state index contributed by atoms with van der Waals surface area (Å²) in [4.78, 5) is 37.5. The van der Waals surface area contributed by atoms with Crippen LogP contribution in [0.4, 0.5) is 4.39 Å². The Bertz CT molecular complexity index is 1130. The number of morpholine rings is 1. The third-order valence-electron chi connectivity index (χ3n) is 5.81. The molecule has 1 saturated heterocycles. The first-order valence-electron chi connectivity index (χ1n) is 11.3. The van der Waals surface area contributed by atoms with Gasteiger partial charge in [0.15, 0.2) is 0 Å². The highest BCUT2D eigenvalue weighted by atomic mass is 19.1. The Morgan fingerprint density at radius 1 is 1.14 bits per heavy atom. The molecule has 0 saturated carbocycles. The van der Waals surface area contributed by atoms with Gasteiger partial charge >= 0.3 is 0 Å². The van der Waals surface area contributed by atoms with Crippen molar-refractivity contribution in [1.29, 1.82) is 0 Å². The summed E-state index contributed by atoms with van der Waals surface area (Å²) in [6, 6.07) is 16.9. The van der Waals surface area contributed by atoms with Crippen LogP contribution in [0, 0.1) is 5.82 Å². The van der Waals surface area contributed by atoms with Gasteiger partial charge in [0.1, 0.15) is 35.8 Å². The van der Waals surface area contributed by atoms with E-state index in [4.69, 9.17) is 9.47 Å². The van der Waals surface area contributed by atoms with Crippen molar-refractivity contribution in [3.63, 3.8) is 0 Å². The number of ether oxygens (including phenoxy) is 2. The second kappa shape index (κ2) is 11.1. The van der Waals surface area contributed by atoms with E-state index in [0.29, 0.717) is 18.8 Å². The Balaban J connectivity index is 1.51. The Morgan fingerprint density at radius 3 is 2.63 bits per heavy atom. The van der Waals surface area contributed by atoms with Gasteiger partial charge in [0, 0.05) is 26.3 Å². The molecular weight excluding hydrogens is 451 g/mol. The zero-order chi connectivity index (χ0) is 24.7. The maximum Gasteiger partial charge on any atom is 0.272 e. The molecule has 8 nitrogen and oxygen atoms in total. The van der Waals surface area contributed by atoms with Crippen LogP contribution in [-0.2, 0) is 16.1 Å². The lowest BCUT2D eigenvalue weighted by molar-refractivity contribution is -0.152. The summed E-state index contributed by atoms with van der Waals surface area (Å²) in [5.74, 6) is -0.348. The van der Waals surface area contributed by atoms with E-state index in [1.807, 2.05) is 30.3 Å². The van der Waals surface area contributed by atoms with E-state index in [0.717, 1.165) is 5.56 Å². The van der Waals surface area contributed by atoms with Crippen LogP contribution in [0.3, 0.4) is 0 Å². The van der Waals surface area contributed by atoms with Crippen molar-refractivity contribution in [2.24, 2.45) is 0 Å². The van der Waals surface area contributed by atoms with Crippen LogP contribution < -0.4 is 4.74 Å². The minimum Gasteiger partial charge on any atom is -0.490 e. The number of nitrogens with zero attached hydrogens (tertiary/aromatic N) is 4. The van der Waals surface area contributed by atoms with E-state index in [9.17, 15) is 14.0 Å². The quantitative estimate of drug-likeness (QED) is 0.495. The Kier molecular flexibility index (Phi) is 7.67. The standard InChI is InChI=1S/C26H27FN4O4/c1-30(16-20-5-3-2-4-6-20)24(32)15-26(18-34-22-9-7-21(27)8-10-22)17-31(13-14-35-26)25(33)23-11-12-28-19-29-23/h2-12,19H,13-18H2,1H3. The van der Waals surface area contributed by atoms with Gasteiger partial charge in [-0.05, 0) is 35.9 Å². The molecule has 2 aromatic carbocycles. The van der Waals surface area contributed by atoms with Gasteiger partial charge in [-0.25, -0.2) is 14.4 Å². The van der Waals surface area contributed by atoms with Crippen LogP contribution >= 0.6 is 0 Å². The molecular formula is C26H27FN4O4. The first-order chi connectivity index (χ1) is 16.9. The summed E-state index contributed by atoms with van der Waals surface area (Å²) in [7, 11) is 1.73. The van der Waals surface area contributed by atoms with E-state index in [-0.39, 0.29) is 49.5 Å². The van der Waals surface area contributed by atoms with Gasteiger partial charge in [-0.15, -0.1) is 0 Å². The second-order valence-electron chi connectivity index (χ2n) is 8.51. The van der Waals surface area contributed by atoms with E-state index in [1.54, 1.807) is 22.9 Å². The summed E-state index contributed by atoms with van der Waals surface area (Å²) in [6.45, 7) is 1.19. The lowest BCUT2D eigenvalue weighted by Gasteiger charge is -2.42. The molecule has 3 aromatic rings. The lowest BCUT2D eigenvalue weighted by atomic mass is 9.96. The summed E-state index contributed by atoms with van der Waals surface area (Å²) in [5.41, 5.74) is 0.185. The summed E-state index contributed by atoms with van der Waals surface area (Å²) in [5, 5.41) is 0. The molecule has 182 valence electrons. The van der Waals surface area contributed by atoms with E-state index in [1.165, 1.54) is 36.8 Å². The van der Waals surface area contributed by atoms with E-state index < -0.39 is 5.60 Å². The molecule has 0 bridgehead atoms. The Hall–Kier alpha value is -3.85. The van der Waals surface area contributed by atoms with Crippen LogP contribution in [0.1, 0.15) is 22.5 Å². The van der Waals surface area contributed by atoms with Crippen molar-refractivity contribution in [2.75, 3.05) is 33.4 Å². The monoisotopic (exact) mass is 478 g/mol. The molecule has 9 heteroatoms. The fraction of sp³-hybridized carbons (Fsp3) is 0.308. The van der Waals surface area contributed by atoms with Crippen LogP contribution in [0.2, 0.25) is 0 Å². The van der Waals surface area contributed by atoms with Crippen LogP contribution in [0.5, 0.6) is 5.75 Å². The molecule has 35 heavy (non-hydrogen) atoms. The highest BCUT2D eigenvalue weighted by Crippen LogP contribution is 2.26. The van der Waals surface area contributed by atoms with Gasteiger partial charge in [0.25, 0.3) is 5.91 Å². The average molecular weight is 479 g/mol. The number of rotatable bonds is 8. The number of carbonyl (C=O) groups is 2. The number of aromatic nitrogens is 2. The van der Waals surface area contributed by atoms with E-state index in [2.05, 4.69) is 9.97 Å². The van der Waals surface area contributed by atoms with Crippen molar-refractivity contribution in [1.82, 2.24) is 19.8 Å². The highest BCUT2D eigenvalue weighted by molar-refractivity contribution is 5.92. The topological polar surface area (TPSA) is 84.9 Å². The minimum atomic E-state index is -1.09. The van der Waals surface area contributed by atoms with Crippen molar-refractivity contribution in [3.05, 3.63) is 90.3 Å². The number of amides is 2. The molecule has 0 aliphatic carbocycles. The first kappa shape index (κ1) is 24.3. The molecule has 1 unspecified atom stereocenters. The van der Waals surface area contributed by atoms with Gasteiger partial charge < -0.3 is 19.3 Å². The van der Waals surface area contributed by atoms with Crippen molar-refractivity contribution < 1.29 is 23.5 Å². The average Bonchev–Trinajstić information content (AvgIpc) is 2.89. The highest BCUT2D eigenvalue weighted by Gasteiger charge is 2.42. The molecule has 2 amide bonds. The third kappa shape index (κ3) is 6.39. The molecule has 0 N–H and O–H groups in total. The zero-order valence-electron chi connectivity index (χ0n) is 19.5. The smallest absolute Gasteiger partial charge is 0.272 e. The molecule has 0 radical (unpaired) electrons. The molecule has 1 aromatic heterocycles. The fourth-order valence-electron chi connectivity index (χ4n) is 3.94. The normalized spacial score (nSPS) is 17.6. The second-order valence-corrected chi connectivity index (χ2v) is 8.51. The van der Waals surface area contributed by atoms with E-state index >= 15 is 0 Å². The van der Waals surface area contributed by atoms with Gasteiger partial charge in [0.05, 0.1) is 19.6 Å². The summed E-state index contributed by atoms with van der Waals surface area (Å²) in [6.07, 6.45) is 2.83. The lowest BCUT2D eigenvalue weighted by Crippen LogP contribution is -2.58. The van der Waals surface area contributed by atoms with Crippen LogP contribution in [0.25, 0.3) is 0 Å². The largest absolute Gasteiger partial charge is 0.490 e. The Morgan fingerprint density at radius 2 is 1.91 bits per heavy atom.